The van der Waals surface area contributed by atoms with E-state index in [2.05, 4.69) is 5.32 Å². The normalized spacial score (nSPS) is 21.4. The van der Waals surface area contributed by atoms with E-state index in [4.69, 9.17) is 14.2 Å². The Morgan fingerprint density at radius 3 is 1.96 bits per heavy atom. The Bertz CT molecular complexity index is 521. The molecule has 150 valence electrons. The second kappa shape index (κ2) is 8.60. The Morgan fingerprint density at radius 1 is 0.923 bits per heavy atom. The lowest BCUT2D eigenvalue weighted by Crippen LogP contribution is -2.45. The summed E-state index contributed by atoms with van der Waals surface area (Å²) in [5.74, 6) is -0.975. The van der Waals surface area contributed by atoms with Crippen molar-refractivity contribution < 1.29 is 28.6 Å². The molecule has 1 saturated heterocycles. The van der Waals surface area contributed by atoms with Gasteiger partial charge in [-0.05, 0) is 54.4 Å². The van der Waals surface area contributed by atoms with Crippen molar-refractivity contribution in [3.8, 4) is 0 Å². The van der Waals surface area contributed by atoms with E-state index >= 15 is 0 Å². The zero-order valence-electron chi connectivity index (χ0n) is 16.9. The number of likely N-dealkylation sites (tertiary alicyclic amines) is 1. The molecule has 26 heavy (non-hydrogen) atoms. The van der Waals surface area contributed by atoms with E-state index in [1.165, 1.54) is 7.11 Å². The van der Waals surface area contributed by atoms with Crippen LogP contribution < -0.4 is 5.32 Å². The number of methoxy groups -OCH3 is 1. The van der Waals surface area contributed by atoms with Gasteiger partial charge < -0.3 is 24.4 Å². The lowest BCUT2D eigenvalue weighted by molar-refractivity contribution is -0.146. The molecule has 1 rings (SSSR count). The number of ether oxygens (including phenoxy) is 3. The average Bonchev–Trinajstić information content (AvgIpc) is 2.65. The van der Waals surface area contributed by atoms with Crippen LogP contribution in [0.4, 0.5) is 9.59 Å². The summed E-state index contributed by atoms with van der Waals surface area (Å²) in [6, 6.07) is -0.482. The van der Waals surface area contributed by atoms with Crippen LogP contribution in [0.2, 0.25) is 0 Å². The molecule has 0 radical (unpaired) electrons. The molecule has 0 aromatic heterocycles. The molecular weight excluding hydrogens is 340 g/mol. The molecule has 0 spiro atoms. The monoisotopic (exact) mass is 372 g/mol. The summed E-state index contributed by atoms with van der Waals surface area (Å²) in [7, 11) is 1.31. The molecule has 0 aromatic rings. The van der Waals surface area contributed by atoms with Crippen LogP contribution in [0.3, 0.4) is 0 Å². The van der Waals surface area contributed by atoms with Gasteiger partial charge in [-0.2, -0.15) is 0 Å². The van der Waals surface area contributed by atoms with Crippen molar-refractivity contribution in [2.75, 3.05) is 20.2 Å². The van der Waals surface area contributed by atoms with E-state index in [9.17, 15) is 14.4 Å². The Kier molecular flexibility index (Phi) is 7.29. The fourth-order valence-corrected chi connectivity index (χ4v) is 2.68. The highest BCUT2D eigenvalue weighted by Crippen LogP contribution is 2.22. The predicted octanol–water partition coefficient (Wildman–Crippen LogP) is 2.70. The van der Waals surface area contributed by atoms with Gasteiger partial charge in [0.2, 0.25) is 0 Å². The first-order valence-corrected chi connectivity index (χ1v) is 8.87. The van der Waals surface area contributed by atoms with Crippen molar-refractivity contribution in [2.45, 2.75) is 71.6 Å². The first kappa shape index (κ1) is 22.1. The Labute approximate surface area is 155 Å². The number of carbonyl (C=O) groups excluding carboxylic acids is 3. The maximum Gasteiger partial charge on any atom is 0.410 e. The molecule has 1 heterocycles. The zero-order chi connectivity index (χ0) is 20.1. The van der Waals surface area contributed by atoms with Crippen LogP contribution in [0.1, 0.15) is 54.4 Å². The van der Waals surface area contributed by atoms with Crippen LogP contribution in [0.25, 0.3) is 0 Å². The van der Waals surface area contributed by atoms with Gasteiger partial charge in [0, 0.05) is 19.1 Å². The van der Waals surface area contributed by atoms with Crippen molar-refractivity contribution in [2.24, 2.45) is 5.92 Å². The van der Waals surface area contributed by atoms with Crippen molar-refractivity contribution in [3.63, 3.8) is 0 Å². The van der Waals surface area contributed by atoms with Gasteiger partial charge in [-0.3, -0.25) is 4.79 Å². The van der Waals surface area contributed by atoms with E-state index in [-0.39, 0.29) is 0 Å². The van der Waals surface area contributed by atoms with E-state index in [0.29, 0.717) is 25.9 Å². The maximum atomic E-state index is 12.3. The van der Waals surface area contributed by atoms with Gasteiger partial charge in [-0.1, -0.05) is 0 Å². The number of hydrogen-bond donors (Lipinski definition) is 1. The van der Waals surface area contributed by atoms with Crippen LogP contribution in [0, 0.1) is 5.92 Å². The van der Waals surface area contributed by atoms with Gasteiger partial charge in [0.25, 0.3) is 0 Å². The number of hydrogen-bond acceptors (Lipinski definition) is 6. The molecule has 0 aromatic carbocycles. The number of esters is 1. The lowest BCUT2D eigenvalue weighted by atomic mass is 9.95. The van der Waals surface area contributed by atoms with Crippen LogP contribution in [0.5, 0.6) is 0 Å². The summed E-state index contributed by atoms with van der Waals surface area (Å²) in [6.45, 7) is 11.4. The highest BCUT2D eigenvalue weighted by atomic mass is 16.6. The topological polar surface area (TPSA) is 94.2 Å². The van der Waals surface area contributed by atoms with E-state index in [0.717, 1.165) is 0 Å². The van der Waals surface area contributed by atoms with Crippen LogP contribution in [-0.4, -0.2) is 60.5 Å². The van der Waals surface area contributed by atoms with E-state index in [1.54, 1.807) is 46.4 Å². The third kappa shape index (κ3) is 7.49. The quantitative estimate of drug-likeness (QED) is 0.592. The minimum atomic E-state index is -0.641. The van der Waals surface area contributed by atoms with Gasteiger partial charge in [0.05, 0.1) is 13.0 Å². The first-order chi connectivity index (χ1) is 11.8. The molecule has 0 saturated carbocycles. The highest BCUT2D eigenvalue weighted by Gasteiger charge is 2.36. The largest absolute Gasteiger partial charge is 0.469 e. The van der Waals surface area contributed by atoms with Gasteiger partial charge in [0.1, 0.15) is 11.2 Å². The zero-order valence-corrected chi connectivity index (χ0v) is 16.9. The summed E-state index contributed by atoms with van der Waals surface area (Å²) in [5.41, 5.74) is -1.24. The summed E-state index contributed by atoms with van der Waals surface area (Å²) < 4.78 is 15.5. The highest BCUT2D eigenvalue weighted by molar-refractivity contribution is 5.75. The third-order valence-corrected chi connectivity index (χ3v) is 3.76. The Morgan fingerprint density at radius 2 is 1.46 bits per heavy atom. The SMILES string of the molecule is COC(=O)[C@@H]1CCN(C(=O)OC(C)(C)C)CC[C@H]1NC(=O)OC(C)(C)C. The van der Waals surface area contributed by atoms with Crippen LogP contribution in [0.15, 0.2) is 0 Å². The van der Waals surface area contributed by atoms with Crippen LogP contribution >= 0.6 is 0 Å². The molecule has 2 atom stereocenters. The molecule has 2 amide bonds. The summed E-state index contributed by atoms with van der Waals surface area (Å²) in [4.78, 5) is 38.1. The van der Waals surface area contributed by atoms with Crippen molar-refractivity contribution in [3.05, 3.63) is 0 Å². The van der Waals surface area contributed by atoms with Gasteiger partial charge in [-0.15, -0.1) is 0 Å². The van der Waals surface area contributed by atoms with Crippen LogP contribution in [-0.2, 0) is 19.0 Å². The molecule has 1 aliphatic heterocycles. The van der Waals surface area contributed by atoms with E-state index in [1.807, 2.05) is 0 Å². The molecule has 1 aliphatic rings. The van der Waals surface area contributed by atoms with Gasteiger partial charge >= 0.3 is 18.2 Å². The van der Waals surface area contributed by atoms with Crippen molar-refractivity contribution >= 4 is 18.2 Å². The fraction of sp³-hybridized carbons (Fsp3) is 0.833. The maximum absolute atomic E-state index is 12.3. The second-order valence-electron chi connectivity index (χ2n) is 8.43. The molecule has 8 nitrogen and oxygen atoms in total. The fourth-order valence-electron chi connectivity index (χ4n) is 2.68. The number of alkyl carbamates (subject to hydrolysis) is 1. The smallest absolute Gasteiger partial charge is 0.410 e. The molecule has 1 N–H and O–H groups in total. The van der Waals surface area contributed by atoms with Crippen molar-refractivity contribution in [1.29, 1.82) is 0 Å². The average molecular weight is 372 g/mol. The number of nitrogens with one attached hydrogen (secondary N) is 1. The standard InChI is InChI=1S/C18H32N2O6/c1-17(2,3)25-15(22)19-13-9-11-20(16(23)26-18(4,5)6)10-8-12(13)14(21)24-7/h12-13H,8-11H2,1-7H3,(H,19,22)/t12-,13-/m1/s1. The molecule has 1 fully saturated rings. The van der Waals surface area contributed by atoms with Crippen molar-refractivity contribution in [1.82, 2.24) is 10.2 Å². The minimum Gasteiger partial charge on any atom is -0.469 e. The number of amides is 2. The summed E-state index contributed by atoms with van der Waals surface area (Å²) in [5, 5.41) is 2.75. The van der Waals surface area contributed by atoms with E-state index < -0.39 is 41.3 Å². The predicted molar refractivity (Wildman–Crippen MR) is 95.7 cm³/mol. The lowest BCUT2D eigenvalue weighted by Gasteiger charge is -2.26. The Hall–Kier alpha value is -1.99. The minimum absolute atomic E-state index is 0.348. The summed E-state index contributed by atoms with van der Waals surface area (Å²) in [6.07, 6.45) is -0.258. The molecule has 0 unspecified atom stereocenters. The second-order valence-corrected chi connectivity index (χ2v) is 8.43. The molecular formula is C18H32N2O6. The number of rotatable bonds is 2. The Balaban J connectivity index is 2.83. The summed E-state index contributed by atoms with van der Waals surface area (Å²) >= 11 is 0. The van der Waals surface area contributed by atoms with Gasteiger partial charge in [0.15, 0.2) is 0 Å². The van der Waals surface area contributed by atoms with Gasteiger partial charge in [-0.25, -0.2) is 9.59 Å². The number of carbonyl (C=O) groups is 3. The molecule has 8 heteroatoms. The molecule has 0 bridgehead atoms. The number of nitrogens with zero attached hydrogens (tertiary/aromatic N) is 1. The first-order valence-electron chi connectivity index (χ1n) is 8.87. The third-order valence-electron chi connectivity index (χ3n) is 3.76. The molecule has 0 aliphatic carbocycles.